The molecule has 28 heavy (non-hydrogen) atoms. The van der Waals surface area contributed by atoms with Gasteiger partial charge >= 0.3 is 0 Å². The number of sulfonamides is 1. The van der Waals surface area contributed by atoms with Gasteiger partial charge in [0.2, 0.25) is 10.0 Å². The minimum absolute atomic E-state index is 0.0851. The minimum atomic E-state index is -3.49. The Balaban J connectivity index is 1.43. The zero-order valence-electron chi connectivity index (χ0n) is 16.1. The molecule has 152 valence electrons. The Labute approximate surface area is 171 Å². The number of hydrogen-bond donors (Lipinski definition) is 1. The number of thiophene rings is 1. The van der Waals surface area contributed by atoms with E-state index in [1.54, 1.807) is 12.1 Å². The zero-order valence-corrected chi connectivity index (χ0v) is 17.8. The van der Waals surface area contributed by atoms with Crippen molar-refractivity contribution in [3.05, 3.63) is 52.2 Å². The van der Waals surface area contributed by atoms with Crippen molar-refractivity contribution in [1.29, 1.82) is 0 Å². The van der Waals surface area contributed by atoms with Crippen molar-refractivity contribution in [2.45, 2.75) is 24.7 Å². The van der Waals surface area contributed by atoms with Crippen LogP contribution in [0.2, 0.25) is 0 Å². The smallest absolute Gasteiger partial charge is 0.264 e. The highest BCUT2D eigenvalue weighted by molar-refractivity contribution is 7.89. The first-order chi connectivity index (χ1) is 13.5. The van der Waals surface area contributed by atoms with Crippen LogP contribution in [0.5, 0.6) is 0 Å². The summed E-state index contributed by atoms with van der Waals surface area (Å²) in [5.74, 6) is 0.0851. The van der Waals surface area contributed by atoms with Crippen LogP contribution >= 0.6 is 11.3 Å². The van der Waals surface area contributed by atoms with Crippen molar-refractivity contribution in [2.24, 2.45) is 0 Å². The molecule has 8 heteroatoms. The molecule has 0 aliphatic carbocycles. The van der Waals surface area contributed by atoms with E-state index >= 15 is 0 Å². The fourth-order valence-electron chi connectivity index (χ4n) is 3.28. The molecule has 1 aromatic heterocycles. The molecule has 3 rings (SSSR count). The van der Waals surface area contributed by atoms with Crippen molar-refractivity contribution in [2.75, 3.05) is 39.3 Å². The van der Waals surface area contributed by atoms with E-state index in [9.17, 15) is 13.2 Å². The van der Waals surface area contributed by atoms with E-state index in [4.69, 9.17) is 0 Å². The second-order valence-corrected chi connectivity index (χ2v) is 9.62. The first kappa shape index (κ1) is 21.0. The third-order valence-electron chi connectivity index (χ3n) is 4.88. The monoisotopic (exact) mass is 421 g/mol. The number of rotatable bonds is 8. The standard InChI is InChI=1S/C20H27N3O3S2/c1-2-4-17-6-8-18(9-7-17)28(25,26)21-10-11-22-12-14-23(15-13-22)20(24)19-5-3-16-27-19/h3,5-9,16,21H,2,4,10-15H2,1H3. The number of amides is 1. The number of nitrogens with one attached hydrogen (secondary N) is 1. The molecule has 0 spiro atoms. The first-order valence-corrected chi connectivity index (χ1v) is 12.0. The van der Waals surface area contributed by atoms with Gasteiger partial charge in [-0.05, 0) is 35.6 Å². The first-order valence-electron chi connectivity index (χ1n) is 9.63. The molecule has 1 fully saturated rings. The Kier molecular flexibility index (Phi) is 7.23. The molecule has 1 saturated heterocycles. The molecule has 0 bridgehead atoms. The second kappa shape index (κ2) is 9.65. The topological polar surface area (TPSA) is 69.7 Å². The maximum Gasteiger partial charge on any atom is 0.264 e. The van der Waals surface area contributed by atoms with Crippen molar-refractivity contribution in [1.82, 2.24) is 14.5 Å². The number of hydrogen-bond acceptors (Lipinski definition) is 5. The highest BCUT2D eigenvalue weighted by Crippen LogP contribution is 2.14. The molecule has 6 nitrogen and oxygen atoms in total. The summed E-state index contributed by atoms with van der Waals surface area (Å²) in [6, 6.07) is 10.8. The lowest BCUT2D eigenvalue weighted by Crippen LogP contribution is -2.50. The molecular formula is C20H27N3O3S2. The largest absolute Gasteiger partial charge is 0.335 e. The molecule has 1 aliphatic rings. The number of nitrogens with zero attached hydrogens (tertiary/aromatic N) is 2. The average Bonchev–Trinajstić information content (AvgIpc) is 3.23. The van der Waals surface area contributed by atoms with Crippen LogP contribution in [0.15, 0.2) is 46.7 Å². The Morgan fingerprint density at radius 2 is 1.82 bits per heavy atom. The van der Waals surface area contributed by atoms with Crippen LogP contribution in [0, 0.1) is 0 Å². The van der Waals surface area contributed by atoms with Crippen molar-refractivity contribution in [3.63, 3.8) is 0 Å². The molecular weight excluding hydrogens is 394 g/mol. The summed E-state index contributed by atoms with van der Waals surface area (Å²) < 4.78 is 27.6. The second-order valence-electron chi connectivity index (χ2n) is 6.90. The van der Waals surface area contributed by atoms with Gasteiger partial charge in [-0.2, -0.15) is 0 Å². The van der Waals surface area contributed by atoms with E-state index in [-0.39, 0.29) is 5.91 Å². The Bertz CT molecular complexity index is 857. The van der Waals surface area contributed by atoms with Gasteiger partial charge < -0.3 is 4.90 Å². The van der Waals surface area contributed by atoms with Crippen LogP contribution in [0.1, 0.15) is 28.6 Å². The van der Waals surface area contributed by atoms with Gasteiger partial charge in [0, 0.05) is 39.3 Å². The van der Waals surface area contributed by atoms with Crippen LogP contribution in [0.25, 0.3) is 0 Å². The lowest BCUT2D eigenvalue weighted by atomic mass is 10.1. The van der Waals surface area contributed by atoms with E-state index in [0.29, 0.717) is 31.1 Å². The predicted molar refractivity (Wildman–Crippen MR) is 112 cm³/mol. The van der Waals surface area contributed by atoms with Crippen LogP contribution in [-0.4, -0.2) is 63.4 Å². The summed E-state index contributed by atoms with van der Waals surface area (Å²) in [5.41, 5.74) is 1.15. The van der Waals surface area contributed by atoms with Gasteiger partial charge in [0.05, 0.1) is 9.77 Å². The van der Waals surface area contributed by atoms with Crippen LogP contribution in [-0.2, 0) is 16.4 Å². The summed E-state index contributed by atoms with van der Waals surface area (Å²) >= 11 is 1.46. The summed E-state index contributed by atoms with van der Waals surface area (Å²) in [6.07, 6.45) is 1.99. The summed E-state index contributed by atoms with van der Waals surface area (Å²) in [7, 11) is -3.49. The molecule has 0 saturated carbocycles. The maximum absolute atomic E-state index is 12.4. The van der Waals surface area contributed by atoms with Gasteiger partial charge in [0.15, 0.2) is 0 Å². The third kappa shape index (κ3) is 5.41. The lowest BCUT2D eigenvalue weighted by molar-refractivity contribution is 0.0645. The van der Waals surface area contributed by atoms with Gasteiger partial charge in [0.1, 0.15) is 0 Å². The number of piperazine rings is 1. The average molecular weight is 422 g/mol. The summed E-state index contributed by atoms with van der Waals surface area (Å²) in [6.45, 7) is 5.94. The van der Waals surface area contributed by atoms with Crippen molar-refractivity contribution < 1.29 is 13.2 Å². The molecule has 0 atom stereocenters. The minimum Gasteiger partial charge on any atom is -0.335 e. The molecule has 2 heterocycles. The van der Waals surface area contributed by atoms with Gasteiger partial charge in [-0.15, -0.1) is 11.3 Å². The number of carbonyl (C=O) groups is 1. The van der Waals surface area contributed by atoms with Crippen molar-refractivity contribution in [3.8, 4) is 0 Å². The normalized spacial score (nSPS) is 15.7. The van der Waals surface area contributed by atoms with Gasteiger partial charge in [-0.1, -0.05) is 31.5 Å². The maximum atomic E-state index is 12.4. The fraction of sp³-hybridized carbons (Fsp3) is 0.450. The predicted octanol–water partition coefficient (Wildman–Crippen LogP) is 2.44. The van der Waals surface area contributed by atoms with E-state index in [0.717, 1.165) is 36.4 Å². The number of carbonyl (C=O) groups excluding carboxylic acids is 1. The van der Waals surface area contributed by atoms with Crippen LogP contribution < -0.4 is 4.72 Å². The van der Waals surface area contributed by atoms with Gasteiger partial charge in [-0.25, -0.2) is 13.1 Å². The van der Waals surface area contributed by atoms with Gasteiger partial charge in [-0.3, -0.25) is 9.69 Å². The van der Waals surface area contributed by atoms with E-state index in [1.807, 2.05) is 34.5 Å². The lowest BCUT2D eigenvalue weighted by Gasteiger charge is -2.34. The quantitative estimate of drug-likeness (QED) is 0.711. The Hall–Kier alpha value is -1.74. The van der Waals surface area contributed by atoms with Crippen molar-refractivity contribution >= 4 is 27.3 Å². The number of benzene rings is 1. The molecule has 0 unspecified atom stereocenters. The Morgan fingerprint density at radius 3 is 2.43 bits per heavy atom. The van der Waals surface area contributed by atoms with E-state index < -0.39 is 10.0 Å². The Morgan fingerprint density at radius 1 is 1.11 bits per heavy atom. The third-order valence-corrected chi connectivity index (χ3v) is 7.22. The molecule has 1 aliphatic heterocycles. The van der Waals surface area contributed by atoms with E-state index in [1.165, 1.54) is 11.3 Å². The fourth-order valence-corrected chi connectivity index (χ4v) is 4.99. The summed E-state index contributed by atoms with van der Waals surface area (Å²) in [5, 5.41) is 1.91. The summed E-state index contributed by atoms with van der Waals surface area (Å²) in [4.78, 5) is 17.5. The zero-order chi connectivity index (χ0) is 20.0. The molecule has 1 N–H and O–H groups in total. The molecule has 1 amide bonds. The van der Waals surface area contributed by atoms with E-state index in [2.05, 4.69) is 16.5 Å². The van der Waals surface area contributed by atoms with Gasteiger partial charge in [0.25, 0.3) is 5.91 Å². The van der Waals surface area contributed by atoms with Crippen LogP contribution in [0.3, 0.4) is 0 Å². The molecule has 2 aromatic rings. The molecule has 0 radical (unpaired) electrons. The SMILES string of the molecule is CCCc1ccc(S(=O)(=O)NCCN2CCN(C(=O)c3cccs3)CC2)cc1. The number of aryl methyl sites for hydroxylation is 1. The highest BCUT2D eigenvalue weighted by atomic mass is 32.2. The molecule has 1 aromatic carbocycles. The highest BCUT2D eigenvalue weighted by Gasteiger charge is 2.23. The van der Waals surface area contributed by atoms with Crippen LogP contribution in [0.4, 0.5) is 0 Å².